The molecule has 0 heterocycles. The summed E-state index contributed by atoms with van der Waals surface area (Å²) >= 11 is 0. The van der Waals surface area contributed by atoms with Crippen LogP contribution in [0.3, 0.4) is 0 Å². The van der Waals surface area contributed by atoms with Crippen molar-refractivity contribution in [1.82, 2.24) is 0 Å². The Hall–Kier alpha value is 2.63. The van der Waals surface area contributed by atoms with E-state index in [4.69, 9.17) is 43.6 Å². The van der Waals surface area contributed by atoms with Gasteiger partial charge in [0.15, 0.2) is 15.0 Å². The number of hydrogen-bond acceptors (Lipinski definition) is 15. The molecule has 474 valence electrons. The van der Waals surface area contributed by atoms with Gasteiger partial charge in [0.25, 0.3) is 0 Å². The molecule has 0 fully saturated rings. The molecule has 0 aliphatic rings. The van der Waals surface area contributed by atoms with E-state index in [-0.39, 0.29) is 194 Å². The molecule has 0 bridgehead atoms. The summed E-state index contributed by atoms with van der Waals surface area (Å²) < 4.78 is 147. The first-order chi connectivity index (χ1) is 37.0. The summed E-state index contributed by atoms with van der Waals surface area (Å²) in [7, 11) is -30.3. The Morgan fingerprint density at radius 2 is 0.512 bits per heavy atom. The van der Waals surface area contributed by atoms with Crippen LogP contribution in [0.15, 0.2) is 105 Å². The molecule has 0 aromatic rings. The van der Waals surface area contributed by atoms with Gasteiger partial charge in [-0.15, -0.1) is 0 Å². The van der Waals surface area contributed by atoms with Crippen molar-refractivity contribution in [2.75, 3.05) is 39.6 Å². The first-order valence-corrected chi connectivity index (χ1v) is 36.0. The van der Waals surface area contributed by atoms with Gasteiger partial charge < -0.3 is 57.2 Å². The topological polar surface area (TPSA) is 372 Å². The Morgan fingerprint density at radius 1 is 0.345 bits per heavy atom. The molecule has 0 aromatic heterocycles. The number of allylic oxidation sites excluding steroid dienone is 15. The van der Waals surface area contributed by atoms with E-state index >= 15 is 0 Å². The summed E-state index contributed by atoms with van der Waals surface area (Å²) in [5.74, 6) is 0. The summed E-state index contributed by atoms with van der Waals surface area (Å²) in [5, 5.41) is 0. The van der Waals surface area contributed by atoms with Crippen molar-refractivity contribution in [2.45, 2.75) is 194 Å². The van der Waals surface area contributed by atoms with Crippen LogP contribution in [0.1, 0.15) is 179 Å². The van der Waals surface area contributed by atoms with Crippen LogP contribution in [0.4, 0.5) is 0 Å². The Kier molecular flexibility index (Phi) is 61.6. The Bertz CT molecular complexity index is 2350. The molecule has 3 unspecified atom stereocenters. The molecule has 0 saturated carbocycles. The fourth-order valence-corrected chi connectivity index (χ4v) is 13.4. The Morgan fingerprint density at radius 3 is 0.667 bits per heavy atom. The fourth-order valence-electron chi connectivity index (χ4n) is 6.86. The van der Waals surface area contributed by atoms with Crippen LogP contribution >= 0.6 is 22.8 Å². The van der Waals surface area contributed by atoms with E-state index in [1.165, 1.54) is 33.4 Å². The van der Waals surface area contributed by atoms with Gasteiger partial charge >= 0.3 is 177 Å². The standard InChI is InChI=1S/3C18H33O7PS.3K/c3*1-15(2)7-5-8-16(3)9-6-10-17(4)11-13-25-14-12-18(26(19,20)21)27(22,23)24;;;/h3*7,9,11,18H,5-6,8,10,12-14H2,1-4H3,(H2,19,20,21)(H,22,23,24);;;/q;;;3*+1/p-3/b3*16-9+,17-11+;;;. The van der Waals surface area contributed by atoms with E-state index in [0.29, 0.717) is 0 Å². The molecular weight excluding hydrogens is 1290 g/mol. The quantitative estimate of drug-likeness (QED) is 0.0169. The van der Waals surface area contributed by atoms with Crippen molar-refractivity contribution in [1.29, 1.82) is 0 Å². The van der Waals surface area contributed by atoms with Crippen LogP contribution in [0, 0.1) is 0 Å². The van der Waals surface area contributed by atoms with Gasteiger partial charge in [-0.05, 0) is 179 Å². The first kappa shape index (κ1) is 97.7. The van der Waals surface area contributed by atoms with Crippen molar-refractivity contribution < 1.29 is 250 Å². The second-order valence-corrected chi connectivity index (χ2v) is 31.7. The normalized spacial score (nSPS) is 14.4. The maximum absolute atomic E-state index is 11.1. The Labute approximate surface area is 632 Å². The third kappa shape index (κ3) is 60.8. The monoisotopic (exact) mass is 1390 g/mol. The molecule has 0 radical (unpaired) electrons. The van der Waals surface area contributed by atoms with E-state index in [1.807, 2.05) is 39.0 Å². The molecule has 21 nitrogen and oxygen atoms in total. The summed E-state index contributed by atoms with van der Waals surface area (Å²) in [4.78, 5) is 46.9. The van der Waals surface area contributed by atoms with Crippen LogP contribution < -0.4 is 154 Å². The molecule has 0 saturated heterocycles. The second-order valence-electron chi connectivity index (χ2n) is 20.6. The zero-order valence-corrected chi connectivity index (χ0v) is 67.2. The van der Waals surface area contributed by atoms with Gasteiger partial charge in [0.2, 0.25) is 0 Å². The summed E-state index contributed by atoms with van der Waals surface area (Å²) in [6.07, 6.45) is 28.8. The predicted octanol–water partition coefficient (Wildman–Crippen LogP) is 2.60. The smallest absolute Gasteiger partial charge is 0.747 e. The first-order valence-electron chi connectivity index (χ1n) is 26.6. The molecule has 84 heavy (non-hydrogen) atoms. The Balaban J connectivity index is -0.000000267. The molecule has 0 aliphatic heterocycles. The maximum atomic E-state index is 11.1. The largest absolute Gasteiger partial charge is 1.00 e. The van der Waals surface area contributed by atoms with Crippen molar-refractivity contribution in [3.8, 4) is 0 Å². The van der Waals surface area contributed by atoms with E-state index < -0.39 is 87.4 Å². The average molecular weight is 1390 g/mol. The average Bonchev–Trinajstić information content (AvgIpc) is 3.27. The summed E-state index contributed by atoms with van der Waals surface area (Å²) in [6.45, 7) is 24.6. The van der Waals surface area contributed by atoms with Crippen molar-refractivity contribution in [2.24, 2.45) is 0 Å². The van der Waals surface area contributed by atoms with Gasteiger partial charge in [-0.3, -0.25) is 13.7 Å². The second kappa shape index (κ2) is 52.9. The van der Waals surface area contributed by atoms with Gasteiger partial charge in [0.05, 0.1) is 19.8 Å². The van der Waals surface area contributed by atoms with Crippen molar-refractivity contribution in [3.63, 3.8) is 0 Å². The van der Waals surface area contributed by atoms with Gasteiger partial charge in [-0.1, -0.05) is 105 Å². The van der Waals surface area contributed by atoms with Crippen molar-refractivity contribution in [3.05, 3.63) is 105 Å². The van der Waals surface area contributed by atoms with Gasteiger partial charge in [0, 0.05) is 19.8 Å². The summed E-state index contributed by atoms with van der Waals surface area (Å²) in [5.41, 5.74) is 11.3. The van der Waals surface area contributed by atoms with Crippen molar-refractivity contribution >= 4 is 53.1 Å². The fraction of sp³-hybridized carbons (Fsp3) is 0.667. The van der Waals surface area contributed by atoms with E-state index in [0.717, 1.165) is 93.8 Å². The third-order valence-corrected chi connectivity index (χ3v) is 22.2. The minimum atomic E-state index is -5.08. The van der Waals surface area contributed by atoms with Crippen LogP contribution in [0.5, 0.6) is 0 Å². The number of ether oxygens (including phenoxy) is 3. The molecule has 30 heteroatoms. The van der Waals surface area contributed by atoms with E-state index in [9.17, 15) is 52.6 Å². The minimum Gasteiger partial charge on any atom is -0.747 e. The molecule has 3 atom stereocenters. The molecule has 6 N–H and O–H groups in total. The molecule has 0 rings (SSSR count). The zero-order chi connectivity index (χ0) is 63.3. The van der Waals surface area contributed by atoms with Gasteiger partial charge in [0.1, 0.15) is 30.4 Å². The summed E-state index contributed by atoms with van der Waals surface area (Å²) in [6, 6.07) is 0. The van der Waals surface area contributed by atoms with Crippen LogP contribution in [0.2, 0.25) is 0 Å². The van der Waals surface area contributed by atoms with Crippen LogP contribution in [0.25, 0.3) is 0 Å². The maximum Gasteiger partial charge on any atom is 1.00 e. The van der Waals surface area contributed by atoms with Crippen LogP contribution in [-0.2, 0) is 58.3 Å². The number of rotatable bonds is 39. The minimum absolute atomic E-state index is 0. The van der Waals surface area contributed by atoms with Crippen LogP contribution in [-0.4, -0.2) is 123 Å². The molecule has 0 spiro atoms. The zero-order valence-electron chi connectivity index (χ0n) is 52.7. The van der Waals surface area contributed by atoms with Gasteiger partial charge in [-0.25, -0.2) is 25.3 Å². The third-order valence-electron chi connectivity index (χ3n) is 11.7. The molecular formula is C54H96K3O21P3S3. The SMILES string of the molecule is CC(C)=CCC/C(C)=C/CC/C(C)=C/COCCC(P(=O)(O)O)S(=O)(=O)[O-].CC(C)=CCC/C(C)=C/CC/C(C)=C/COCCC(P(=O)(O)O)S(=O)(=O)[O-].CC(C)=CCC/C(C)=C/CC/C(C)=C/COCCC(P(=O)(O)O)S(=O)(=O)[O-].[K+].[K+].[K+]. The molecule has 0 amide bonds. The molecule has 0 aromatic carbocycles. The number of hydrogen-bond donors (Lipinski definition) is 6. The predicted molar refractivity (Wildman–Crippen MR) is 319 cm³/mol. The van der Waals surface area contributed by atoms with Gasteiger partial charge in [-0.2, -0.15) is 0 Å². The molecule has 0 aliphatic carbocycles. The van der Waals surface area contributed by atoms with E-state index in [1.54, 1.807) is 0 Å². The van der Waals surface area contributed by atoms with E-state index in [2.05, 4.69) is 98.8 Å².